The van der Waals surface area contributed by atoms with Gasteiger partial charge in [-0.1, -0.05) is 18.2 Å². The second-order valence-electron chi connectivity index (χ2n) is 4.34. The van der Waals surface area contributed by atoms with Gasteiger partial charge in [-0.15, -0.1) is 12.4 Å². The van der Waals surface area contributed by atoms with E-state index >= 15 is 0 Å². The normalized spacial score (nSPS) is 17.1. The first kappa shape index (κ1) is 13.0. The fraction of sp³-hybridized carbons (Fsp3) is 0.417. The van der Waals surface area contributed by atoms with Gasteiger partial charge in [-0.3, -0.25) is 0 Å². The first-order valence-corrected chi connectivity index (χ1v) is 5.16. The van der Waals surface area contributed by atoms with E-state index < -0.39 is 11.5 Å². The number of benzene rings is 1. The standard InChI is InChI=1S/C12H15NO2.ClH/c1-12(13,11(14)15)10-6-5-8-3-2-4-9(8)7-10;/h5-7H,2-4,13H2,1H3,(H,14,15);1H. The van der Waals surface area contributed by atoms with E-state index in [-0.39, 0.29) is 12.4 Å². The highest BCUT2D eigenvalue weighted by Crippen LogP contribution is 2.27. The molecular formula is C12H16ClNO2. The Morgan fingerprint density at radius 1 is 1.38 bits per heavy atom. The van der Waals surface area contributed by atoms with Crippen molar-refractivity contribution >= 4 is 18.4 Å². The zero-order valence-corrected chi connectivity index (χ0v) is 10.0. The Morgan fingerprint density at radius 2 is 2.00 bits per heavy atom. The van der Waals surface area contributed by atoms with Gasteiger partial charge in [0.2, 0.25) is 0 Å². The summed E-state index contributed by atoms with van der Waals surface area (Å²) in [7, 11) is 0. The molecule has 1 aliphatic rings. The molecule has 16 heavy (non-hydrogen) atoms. The quantitative estimate of drug-likeness (QED) is 0.831. The molecule has 1 aromatic rings. The third-order valence-electron chi connectivity index (χ3n) is 3.14. The van der Waals surface area contributed by atoms with Crippen LogP contribution >= 0.6 is 12.4 Å². The molecule has 0 saturated carbocycles. The Labute approximate surface area is 101 Å². The summed E-state index contributed by atoms with van der Waals surface area (Å²) in [6.45, 7) is 1.53. The Hall–Kier alpha value is -1.06. The Morgan fingerprint density at radius 3 is 2.62 bits per heavy atom. The topological polar surface area (TPSA) is 63.3 Å². The van der Waals surface area contributed by atoms with Gasteiger partial charge in [0.05, 0.1) is 0 Å². The molecule has 0 fully saturated rings. The Bertz CT molecular complexity index is 415. The molecular weight excluding hydrogens is 226 g/mol. The lowest BCUT2D eigenvalue weighted by atomic mass is 9.91. The maximum Gasteiger partial charge on any atom is 0.328 e. The molecule has 1 unspecified atom stereocenters. The number of hydrogen-bond donors (Lipinski definition) is 2. The summed E-state index contributed by atoms with van der Waals surface area (Å²) in [6, 6.07) is 5.78. The van der Waals surface area contributed by atoms with Crippen molar-refractivity contribution in [3.8, 4) is 0 Å². The van der Waals surface area contributed by atoms with E-state index in [9.17, 15) is 4.79 Å². The number of aryl methyl sites for hydroxylation is 2. The van der Waals surface area contributed by atoms with Crippen molar-refractivity contribution in [3.63, 3.8) is 0 Å². The fourth-order valence-electron chi connectivity index (χ4n) is 2.02. The van der Waals surface area contributed by atoms with E-state index in [2.05, 4.69) is 0 Å². The Balaban J connectivity index is 0.00000128. The summed E-state index contributed by atoms with van der Waals surface area (Å²) in [4.78, 5) is 11.0. The van der Waals surface area contributed by atoms with Gasteiger partial charge in [0.25, 0.3) is 0 Å². The summed E-state index contributed by atoms with van der Waals surface area (Å²) in [5, 5.41) is 9.02. The third-order valence-corrected chi connectivity index (χ3v) is 3.14. The van der Waals surface area contributed by atoms with Crippen molar-refractivity contribution in [3.05, 3.63) is 34.9 Å². The smallest absolute Gasteiger partial charge is 0.328 e. The lowest BCUT2D eigenvalue weighted by Gasteiger charge is -2.20. The highest BCUT2D eigenvalue weighted by molar-refractivity contribution is 5.85. The molecule has 0 aliphatic heterocycles. The van der Waals surface area contributed by atoms with Gasteiger partial charge in [0.15, 0.2) is 0 Å². The fourth-order valence-corrected chi connectivity index (χ4v) is 2.02. The van der Waals surface area contributed by atoms with Crippen molar-refractivity contribution in [1.82, 2.24) is 0 Å². The predicted octanol–water partition coefficient (Wildman–Crippen LogP) is 1.86. The van der Waals surface area contributed by atoms with E-state index in [1.54, 1.807) is 0 Å². The van der Waals surface area contributed by atoms with Gasteiger partial charge < -0.3 is 10.8 Å². The lowest BCUT2D eigenvalue weighted by molar-refractivity contribution is -0.143. The molecule has 0 aromatic heterocycles. The van der Waals surface area contributed by atoms with E-state index in [4.69, 9.17) is 10.8 Å². The molecule has 3 nitrogen and oxygen atoms in total. The van der Waals surface area contributed by atoms with Gasteiger partial charge in [0.1, 0.15) is 5.54 Å². The summed E-state index contributed by atoms with van der Waals surface area (Å²) in [5.74, 6) is -0.986. The average molecular weight is 242 g/mol. The summed E-state index contributed by atoms with van der Waals surface area (Å²) >= 11 is 0. The van der Waals surface area contributed by atoms with Crippen molar-refractivity contribution in [2.45, 2.75) is 31.7 Å². The van der Waals surface area contributed by atoms with Crippen LogP contribution in [0.15, 0.2) is 18.2 Å². The highest BCUT2D eigenvalue weighted by atomic mass is 35.5. The number of fused-ring (bicyclic) bond motifs is 1. The van der Waals surface area contributed by atoms with Crippen LogP contribution in [-0.2, 0) is 23.2 Å². The monoisotopic (exact) mass is 241 g/mol. The highest BCUT2D eigenvalue weighted by Gasteiger charge is 2.30. The lowest BCUT2D eigenvalue weighted by Crippen LogP contribution is -2.41. The summed E-state index contributed by atoms with van der Waals surface area (Å²) < 4.78 is 0. The van der Waals surface area contributed by atoms with Crippen LogP contribution in [0.5, 0.6) is 0 Å². The van der Waals surface area contributed by atoms with Crippen LogP contribution in [0.1, 0.15) is 30.0 Å². The maximum absolute atomic E-state index is 11.0. The third kappa shape index (κ3) is 2.06. The van der Waals surface area contributed by atoms with Crippen LogP contribution in [0.25, 0.3) is 0 Å². The molecule has 0 amide bonds. The van der Waals surface area contributed by atoms with E-state index in [1.807, 2.05) is 18.2 Å². The average Bonchev–Trinajstić information content (AvgIpc) is 2.63. The van der Waals surface area contributed by atoms with Crippen LogP contribution in [0.3, 0.4) is 0 Å². The van der Waals surface area contributed by atoms with Crippen molar-refractivity contribution < 1.29 is 9.90 Å². The number of carboxylic acid groups (broad SMARTS) is 1. The molecule has 4 heteroatoms. The molecule has 1 aliphatic carbocycles. The van der Waals surface area contributed by atoms with Crippen molar-refractivity contribution in [2.24, 2.45) is 5.73 Å². The zero-order valence-electron chi connectivity index (χ0n) is 9.19. The van der Waals surface area contributed by atoms with Gasteiger partial charge in [-0.2, -0.15) is 0 Å². The van der Waals surface area contributed by atoms with Crippen LogP contribution in [0.2, 0.25) is 0 Å². The molecule has 3 N–H and O–H groups in total. The molecule has 1 atom stereocenters. The van der Waals surface area contributed by atoms with Gasteiger partial charge >= 0.3 is 5.97 Å². The minimum Gasteiger partial charge on any atom is -0.480 e. The second kappa shape index (κ2) is 4.44. The van der Waals surface area contributed by atoms with Crippen LogP contribution in [-0.4, -0.2) is 11.1 Å². The SMILES string of the molecule is CC(N)(C(=O)O)c1ccc2c(c1)CCC2.Cl. The van der Waals surface area contributed by atoms with Gasteiger partial charge in [-0.25, -0.2) is 4.79 Å². The Kier molecular flexibility index (Phi) is 3.61. The van der Waals surface area contributed by atoms with Crippen LogP contribution in [0, 0.1) is 0 Å². The minimum absolute atomic E-state index is 0. The summed E-state index contributed by atoms with van der Waals surface area (Å²) in [5.41, 5.74) is 7.77. The molecule has 0 radical (unpaired) electrons. The number of rotatable bonds is 2. The molecule has 2 rings (SSSR count). The second-order valence-corrected chi connectivity index (χ2v) is 4.34. The molecule has 0 spiro atoms. The number of halogens is 1. The van der Waals surface area contributed by atoms with Gasteiger partial charge in [0, 0.05) is 0 Å². The number of aliphatic carboxylic acids is 1. The molecule has 1 aromatic carbocycles. The number of carbonyl (C=O) groups is 1. The van der Waals surface area contributed by atoms with Crippen molar-refractivity contribution in [2.75, 3.05) is 0 Å². The first-order valence-electron chi connectivity index (χ1n) is 5.16. The van der Waals surface area contributed by atoms with E-state index in [0.29, 0.717) is 5.56 Å². The largest absolute Gasteiger partial charge is 0.480 e. The molecule has 0 bridgehead atoms. The van der Waals surface area contributed by atoms with E-state index in [0.717, 1.165) is 19.3 Å². The van der Waals surface area contributed by atoms with Crippen LogP contribution < -0.4 is 5.73 Å². The van der Waals surface area contributed by atoms with Crippen molar-refractivity contribution in [1.29, 1.82) is 0 Å². The number of hydrogen-bond acceptors (Lipinski definition) is 2. The predicted molar refractivity (Wildman–Crippen MR) is 64.9 cm³/mol. The minimum atomic E-state index is -1.28. The molecule has 0 heterocycles. The molecule has 88 valence electrons. The van der Waals surface area contributed by atoms with Gasteiger partial charge in [-0.05, 0) is 42.9 Å². The number of nitrogens with two attached hydrogens (primary N) is 1. The van der Waals surface area contributed by atoms with Crippen LogP contribution in [0.4, 0.5) is 0 Å². The zero-order chi connectivity index (χ0) is 11.1. The number of carboxylic acids is 1. The summed E-state index contributed by atoms with van der Waals surface area (Å²) in [6.07, 6.45) is 3.30. The van der Waals surface area contributed by atoms with E-state index in [1.165, 1.54) is 18.1 Å². The molecule has 0 saturated heterocycles. The first-order chi connectivity index (χ1) is 7.01. The maximum atomic E-state index is 11.0.